The van der Waals surface area contributed by atoms with Gasteiger partial charge >= 0.3 is 0 Å². The number of thiazole rings is 1. The summed E-state index contributed by atoms with van der Waals surface area (Å²) >= 11 is 1.46. The molecule has 20 heavy (non-hydrogen) atoms. The molecule has 0 bridgehead atoms. The van der Waals surface area contributed by atoms with Crippen LogP contribution in [0.25, 0.3) is 4.96 Å². The molecule has 102 valence electrons. The average Bonchev–Trinajstić information content (AvgIpc) is 2.99. The molecule has 0 aliphatic rings. The van der Waals surface area contributed by atoms with Gasteiger partial charge in [0.2, 0.25) is 5.88 Å². The molecular weight excluding hydrogens is 280 g/mol. The summed E-state index contributed by atoms with van der Waals surface area (Å²) < 4.78 is 7.47. The van der Waals surface area contributed by atoms with Crippen LogP contribution >= 0.6 is 11.3 Å². The lowest BCUT2D eigenvalue weighted by atomic mass is 10.3. The summed E-state index contributed by atoms with van der Waals surface area (Å²) in [6.45, 7) is 0.266. The van der Waals surface area contributed by atoms with Crippen molar-refractivity contribution in [3.63, 3.8) is 0 Å². The van der Waals surface area contributed by atoms with Crippen LogP contribution in [0.4, 0.5) is 5.69 Å². The fourth-order valence-corrected chi connectivity index (χ4v) is 2.58. The van der Waals surface area contributed by atoms with Crippen molar-refractivity contribution in [3.8, 4) is 11.6 Å². The topological polar surface area (TPSA) is 95.7 Å². The van der Waals surface area contributed by atoms with Crippen molar-refractivity contribution in [1.29, 1.82) is 0 Å². The summed E-state index contributed by atoms with van der Waals surface area (Å²) in [5.41, 5.74) is 6.41. The summed E-state index contributed by atoms with van der Waals surface area (Å²) in [7, 11) is 0. The molecule has 2 aromatic heterocycles. The third-order valence-electron chi connectivity index (χ3n) is 2.76. The number of hydrogen-bond acceptors (Lipinski definition) is 6. The van der Waals surface area contributed by atoms with E-state index in [4.69, 9.17) is 10.5 Å². The molecule has 0 aliphatic heterocycles. The highest BCUT2D eigenvalue weighted by molar-refractivity contribution is 7.15. The molecule has 0 fully saturated rings. The summed E-state index contributed by atoms with van der Waals surface area (Å²) in [6.07, 6.45) is 1.86. The molecule has 3 aromatic rings. The first-order valence-electron chi connectivity index (χ1n) is 5.76. The molecular formula is C12H10N4O3S. The summed E-state index contributed by atoms with van der Waals surface area (Å²) in [5.74, 6) is 0.736. The number of imidazole rings is 1. The number of hydrogen-bond donors (Lipinski definition) is 1. The molecule has 0 spiro atoms. The second-order valence-electron chi connectivity index (χ2n) is 3.98. The average molecular weight is 290 g/mol. The van der Waals surface area contributed by atoms with E-state index in [9.17, 15) is 10.1 Å². The van der Waals surface area contributed by atoms with E-state index >= 15 is 0 Å². The van der Waals surface area contributed by atoms with Crippen LogP contribution in [0, 0.1) is 10.1 Å². The smallest absolute Gasteiger partial charge is 0.273 e. The van der Waals surface area contributed by atoms with Crippen LogP contribution in [-0.4, -0.2) is 14.3 Å². The molecule has 0 aliphatic carbocycles. The molecule has 0 atom stereocenters. The maximum atomic E-state index is 10.7. The van der Waals surface area contributed by atoms with Crippen LogP contribution in [0.2, 0.25) is 0 Å². The van der Waals surface area contributed by atoms with Gasteiger partial charge in [-0.15, -0.1) is 11.3 Å². The molecule has 0 radical (unpaired) electrons. The van der Waals surface area contributed by atoms with E-state index in [1.165, 1.54) is 23.5 Å². The van der Waals surface area contributed by atoms with Crippen molar-refractivity contribution >= 4 is 22.0 Å². The fourth-order valence-electron chi connectivity index (χ4n) is 1.85. The number of nitrogens with zero attached hydrogens (tertiary/aromatic N) is 3. The number of non-ortho nitro benzene ring substituents is 1. The first-order valence-corrected chi connectivity index (χ1v) is 6.64. The molecule has 7 nitrogen and oxygen atoms in total. The standard InChI is InChI=1S/C12H10N4O3S/c13-7-10-11(14-12-15(10)4-5-20-12)19-9-3-1-2-8(6-9)16(17)18/h1-6H,7,13H2. The second-order valence-corrected chi connectivity index (χ2v) is 4.85. The molecule has 0 saturated heterocycles. The second kappa shape index (κ2) is 4.91. The number of nitro benzene ring substituents is 1. The van der Waals surface area contributed by atoms with Gasteiger partial charge < -0.3 is 10.5 Å². The predicted octanol–water partition coefficient (Wildman–Crippen LogP) is 2.55. The lowest BCUT2D eigenvalue weighted by molar-refractivity contribution is -0.384. The highest BCUT2D eigenvalue weighted by Gasteiger charge is 2.15. The maximum Gasteiger partial charge on any atom is 0.273 e. The Kier molecular flexibility index (Phi) is 3.09. The normalized spacial score (nSPS) is 10.8. The number of rotatable bonds is 4. The summed E-state index contributed by atoms with van der Waals surface area (Å²) in [4.78, 5) is 15.4. The number of aromatic nitrogens is 2. The Balaban J connectivity index is 1.98. The van der Waals surface area contributed by atoms with Crippen molar-refractivity contribution in [2.75, 3.05) is 0 Å². The number of nitrogens with two attached hydrogens (primary N) is 1. The lowest BCUT2D eigenvalue weighted by Gasteiger charge is -2.04. The van der Waals surface area contributed by atoms with Gasteiger partial charge in [0, 0.05) is 24.2 Å². The van der Waals surface area contributed by atoms with Crippen LogP contribution in [-0.2, 0) is 6.54 Å². The lowest BCUT2D eigenvalue weighted by Crippen LogP contribution is -2.01. The molecule has 1 aromatic carbocycles. The van der Waals surface area contributed by atoms with Crippen molar-refractivity contribution in [2.45, 2.75) is 6.54 Å². The van der Waals surface area contributed by atoms with E-state index in [0.717, 1.165) is 10.7 Å². The minimum Gasteiger partial charge on any atom is -0.437 e. The highest BCUT2D eigenvalue weighted by atomic mass is 32.1. The quantitative estimate of drug-likeness (QED) is 0.588. The van der Waals surface area contributed by atoms with Crippen LogP contribution in [0.15, 0.2) is 35.8 Å². The van der Waals surface area contributed by atoms with E-state index < -0.39 is 4.92 Å². The first-order chi connectivity index (χ1) is 9.69. The van der Waals surface area contributed by atoms with Gasteiger partial charge in [-0.1, -0.05) is 6.07 Å². The molecule has 8 heteroatoms. The van der Waals surface area contributed by atoms with Gasteiger partial charge in [-0.2, -0.15) is 4.98 Å². The van der Waals surface area contributed by atoms with Gasteiger partial charge in [0.15, 0.2) is 4.96 Å². The van der Waals surface area contributed by atoms with Crippen molar-refractivity contribution in [2.24, 2.45) is 5.73 Å². The predicted molar refractivity (Wildman–Crippen MR) is 74.1 cm³/mol. The van der Waals surface area contributed by atoms with E-state index in [0.29, 0.717) is 11.6 Å². The number of ether oxygens (including phenoxy) is 1. The monoisotopic (exact) mass is 290 g/mol. The van der Waals surface area contributed by atoms with E-state index in [1.807, 2.05) is 16.0 Å². The van der Waals surface area contributed by atoms with Gasteiger partial charge in [0.25, 0.3) is 5.69 Å². The Bertz CT molecular complexity index is 780. The molecule has 2 N–H and O–H groups in total. The minimum absolute atomic E-state index is 0.0298. The molecule has 0 unspecified atom stereocenters. The minimum atomic E-state index is -0.470. The van der Waals surface area contributed by atoms with Crippen LogP contribution in [0.1, 0.15) is 5.69 Å². The highest BCUT2D eigenvalue weighted by Crippen LogP contribution is 2.29. The third-order valence-corrected chi connectivity index (χ3v) is 3.52. The van der Waals surface area contributed by atoms with Crippen LogP contribution < -0.4 is 10.5 Å². The summed E-state index contributed by atoms with van der Waals surface area (Å²) in [5, 5.41) is 12.6. The Morgan fingerprint density at radius 1 is 1.50 bits per heavy atom. The molecule has 2 heterocycles. The van der Waals surface area contributed by atoms with E-state index in [1.54, 1.807) is 12.1 Å². The zero-order valence-electron chi connectivity index (χ0n) is 10.2. The van der Waals surface area contributed by atoms with Gasteiger partial charge in [0.05, 0.1) is 11.0 Å². The Labute approximate surface area is 117 Å². The van der Waals surface area contributed by atoms with Gasteiger partial charge in [-0.05, 0) is 6.07 Å². The molecule has 3 rings (SSSR count). The molecule has 0 amide bonds. The van der Waals surface area contributed by atoms with Crippen molar-refractivity contribution in [3.05, 3.63) is 51.7 Å². The maximum absolute atomic E-state index is 10.7. The van der Waals surface area contributed by atoms with Crippen LogP contribution in [0.5, 0.6) is 11.6 Å². The zero-order chi connectivity index (χ0) is 14.1. The Morgan fingerprint density at radius 2 is 2.35 bits per heavy atom. The van der Waals surface area contributed by atoms with E-state index in [2.05, 4.69) is 4.98 Å². The van der Waals surface area contributed by atoms with Gasteiger partial charge in [-0.25, -0.2) is 0 Å². The largest absolute Gasteiger partial charge is 0.437 e. The number of benzene rings is 1. The zero-order valence-corrected chi connectivity index (χ0v) is 11.0. The fraction of sp³-hybridized carbons (Fsp3) is 0.0833. The van der Waals surface area contributed by atoms with Gasteiger partial charge in [0.1, 0.15) is 11.4 Å². The molecule has 0 saturated carbocycles. The summed E-state index contributed by atoms with van der Waals surface area (Å²) in [6, 6.07) is 5.96. The first kappa shape index (κ1) is 12.6. The number of fused-ring (bicyclic) bond motifs is 1. The number of nitro groups is 1. The Hall–Kier alpha value is -2.45. The van der Waals surface area contributed by atoms with E-state index in [-0.39, 0.29) is 12.2 Å². The third kappa shape index (κ3) is 2.10. The Morgan fingerprint density at radius 3 is 3.10 bits per heavy atom. The van der Waals surface area contributed by atoms with Gasteiger partial charge in [-0.3, -0.25) is 14.5 Å². The van der Waals surface area contributed by atoms with Crippen molar-refractivity contribution < 1.29 is 9.66 Å². The SMILES string of the molecule is NCc1c(Oc2cccc([N+](=O)[O-])c2)nc2sccn12. The van der Waals surface area contributed by atoms with Crippen molar-refractivity contribution in [1.82, 2.24) is 9.38 Å². The van der Waals surface area contributed by atoms with Crippen LogP contribution in [0.3, 0.4) is 0 Å².